The third-order valence-corrected chi connectivity index (χ3v) is 4.19. The van der Waals surface area contributed by atoms with Crippen molar-refractivity contribution in [3.8, 4) is 11.5 Å². The average Bonchev–Trinajstić information content (AvgIpc) is 2.68. The summed E-state index contributed by atoms with van der Waals surface area (Å²) in [6, 6.07) is 17.8. The van der Waals surface area contributed by atoms with Gasteiger partial charge in [0, 0.05) is 19.2 Å². The molecule has 0 fully saturated rings. The highest BCUT2D eigenvalue weighted by molar-refractivity contribution is 5.69. The molecular weight excluding hydrogens is 354 g/mol. The highest BCUT2D eigenvalue weighted by Gasteiger charge is 2.12. The van der Waals surface area contributed by atoms with Crippen LogP contribution in [-0.2, 0) is 13.1 Å². The summed E-state index contributed by atoms with van der Waals surface area (Å²) in [5, 5.41) is 3.25. The van der Waals surface area contributed by atoms with E-state index in [9.17, 15) is 0 Å². The lowest BCUT2D eigenvalue weighted by Crippen LogP contribution is -2.18. The van der Waals surface area contributed by atoms with Gasteiger partial charge in [-0.25, -0.2) is 4.98 Å². The molecule has 0 saturated heterocycles. The van der Waals surface area contributed by atoms with Crippen LogP contribution in [0.15, 0.2) is 54.6 Å². The molecule has 3 N–H and O–H groups in total. The summed E-state index contributed by atoms with van der Waals surface area (Å²) >= 11 is 0. The molecule has 0 amide bonds. The van der Waals surface area contributed by atoms with Crippen molar-refractivity contribution >= 4 is 17.5 Å². The van der Waals surface area contributed by atoms with Gasteiger partial charge in [0.1, 0.15) is 5.82 Å². The molecule has 0 bridgehead atoms. The Kier molecular flexibility index (Phi) is 6.29. The van der Waals surface area contributed by atoms with Crippen molar-refractivity contribution in [1.82, 2.24) is 14.9 Å². The number of methoxy groups -OCH3 is 2. The van der Waals surface area contributed by atoms with Gasteiger partial charge in [0.15, 0.2) is 11.5 Å². The Balaban J connectivity index is 1.77. The summed E-state index contributed by atoms with van der Waals surface area (Å²) in [5.41, 5.74) is 8.74. The van der Waals surface area contributed by atoms with Gasteiger partial charge in [-0.3, -0.25) is 4.90 Å². The largest absolute Gasteiger partial charge is 0.493 e. The second-order valence-electron chi connectivity index (χ2n) is 6.43. The second kappa shape index (κ2) is 9.05. The van der Waals surface area contributed by atoms with Crippen LogP contribution in [0.2, 0.25) is 0 Å². The molecule has 7 nitrogen and oxygen atoms in total. The van der Waals surface area contributed by atoms with E-state index in [2.05, 4.69) is 32.3 Å². The lowest BCUT2D eigenvalue weighted by molar-refractivity contribution is 0.315. The number of hydrogen-bond donors (Lipinski definition) is 2. The van der Waals surface area contributed by atoms with Crippen LogP contribution in [0, 0.1) is 0 Å². The van der Waals surface area contributed by atoms with E-state index in [1.54, 1.807) is 14.2 Å². The minimum atomic E-state index is 0.218. The molecule has 0 aliphatic carbocycles. The van der Waals surface area contributed by atoms with Gasteiger partial charge in [0.25, 0.3) is 0 Å². The molecule has 0 saturated carbocycles. The summed E-state index contributed by atoms with van der Waals surface area (Å²) in [6.45, 7) is 1.46. The Morgan fingerprint density at radius 2 is 1.75 bits per heavy atom. The molecule has 7 heteroatoms. The summed E-state index contributed by atoms with van der Waals surface area (Å²) < 4.78 is 10.8. The Morgan fingerprint density at radius 3 is 2.46 bits per heavy atom. The van der Waals surface area contributed by atoms with E-state index in [0.29, 0.717) is 23.9 Å². The first-order valence-corrected chi connectivity index (χ1v) is 8.93. The fourth-order valence-electron chi connectivity index (χ4n) is 3.01. The zero-order valence-electron chi connectivity index (χ0n) is 16.3. The smallest absolute Gasteiger partial charge is 0.222 e. The van der Waals surface area contributed by atoms with Crippen molar-refractivity contribution in [2.24, 2.45) is 0 Å². The number of hydrogen-bond acceptors (Lipinski definition) is 7. The Morgan fingerprint density at radius 1 is 0.964 bits per heavy atom. The number of para-hydroxylation sites is 1. The van der Waals surface area contributed by atoms with Crippen LogP contribution >= 0.6 is 0 Å². The van der Waals surface area contributed by atoms with Crippen LogP contribution < -0.4 is 20.5 Å². The molecule has 2 aromatic carbocycles. The van der Waals surface area contributed by atoms with Crippen LogP contribution in [0.1, 0.15) is 11.3 Å². The maximum atomic E-state index is 5.93. The molecule has 1 aromatic heterocycles. The molecule has 0 radical (unpaired) electrons. The standard InChI is InChI=1S/C21H25N5O2/c1-26(13-15-8-5-4-6-9-15)14-16-12-19(25-21(22)23-16)24-17-10-7-11-18(27-2)20(17)28-3/h4-12H,13-14H2,1-3H3,(H3,22,23,24,25). The molecule has 0 spiro atoms. The van der Waals surface area contributed by atoms with Crippen molar-refractivity contribution < 1.29 is 9.47 Å². The van der Waals surface area contributed by atoms with Crippen LogP contribution in [0.3, 0.4) is 0 Å². The number of aromatic nitrogens is 2. The molecule has 28 heavy (non-hydrogen) atoms. The van der Waals surface area contributed by atoms with Crippen molar-refractivity contribution in [3.05, 3.63) is 65.9 Å². The van der Waals surface area contributed by atoms with Gasteiger partial charge in [-0.05, 0) is 24.7 Å². The predicted octanol–water partition coefficient (Wildman–Crippen LogP) is 3.45. The third kappa shape index (κ3) is 4.89. The van der Waals surface area contributed by atoms with Crippen molar-refractivity contribution in [2.75, 3.05) is 32.3 Å². The third-order valence-electron chi connectivity index (χ3n) is 4.19. The summed E-state index contributed by atoms with van der Waals surface area (Å²) in [5.74, 6) is 2.06. The first-order chi connectivity index (χ1) is 13.6. The quantitative estimate of drug-likeness (QED) is 0.620. The summed E-state index contributed by atoms with van der Waals surface area (Å²) in [4.78, 5) is 10.8. The van der Waals surface area contributed by atoms with Gasteiger partial charge >= 0.3 is 0 Å². The van der Waals surface area contributed by atoms with Gasteiger partial charge in [0.05, 0.1) is 25.6 Å². The van der Waals surface area contributed by atoms with E-state index in [0.717, 1.165) is 17.9 Å². The lowest BCUT2D eigenvalue weighted by atomic mass is 10.2. The number of anilines is 3. The van der Waals surface area contributed by atoms with E-state index in [4.69, 9.17) is 15.2 Å². The van der Waals surface area contributed by atoms with Crippen LogP contribution in [0.4, 0.5) is 17.5 Å². The zero-order valence-corrected chi connectivity index (χ0v) is 16.3. The Hall–Kier alpha value is -3.32. The van der Waals surface area contributed by atoms with E-state index in [1.165, 1.54) is 5.56 Å². The number of nitrogens with two attached hydrogens (primary N) is 1. The fourth-order valence-corrected chi connectivity index (χ4v) is 3.01. The number of nitrogens with zero attached hydrogens (tertiary/aromatic N) is 3. The maximum Gasteiger partial charge on any atom is 0.222 e. The SMILES string of the molecule is COc1cccc(Nc2cc(CN(C)Cc3ccccc3)nc(N)n2)c1OC. The summed E-state index contributed by atoms with van der Waals surface area (Å²) in [7, 11) is 5.25. The van der Waals surface area contributed by atoms with Crippen molar-refractivity contribution in [2.45, 2.75) is 13.1 Å². The molecule has 3 rings (SSSR count). The molecule has 3 aromatic rings. The van der Waals surface area contributed by atoms with Crippen LogP contribution in [0.25, 0.3) is 0 Å². The fraction of sp³-hybridized carbons (Fsp3) is 0.238. The molecule has 0 aliphatic heterocycles. The van der Waals surface area contributed by atoms with Crippen LogP contribution in [-0.4, -0.2) is 36.1 Å². The van der Waals surface area contributed by atoms with E-state index in [-0.39, 0.29) is 5.95 Å². The monoisotopic (exact) mass is 379 g/mol. The molecular formula is C21H25N5O2. The number of nitrogen functional groups attached to an aromatic ring is 1. The molecule has 0 unspecified atom stereocenters. The average molecular weight is 379 g/mol. The van der Waals surface area contributed by atoms with Gasteiger partial charge in [-0.15, -0.1) is 0 Å². The summed E-state index contributed by atoms with van der Waals surface area (Å²) in [6.07, 6.45) is 0. The van der Waals surface area contributed by atoms with Crippen molar-refractivity contribution in [1.29, 1.82) is 0 Å². The highest BCUT2D eigenvalue weighted by Crippen LogP contribution is 2.36. The number of benzene rings is 2. The first kappa shape index (κ1) is 19.4. The van der Waals surface area contributed by atoms with Gasteiger partial charge < -0.3 is 20.5 Å². The van der Waals surface area contributed by atoms with Gasteiger partial charge in [-0.1, -0.05) is 36.4 Å². The minimum Gasteiger partial charge on any atom is -0.493 e. The van der Waals surface area contributed by atoms with Crippen molar-refractivity contribution in [3.63, 3.8) is 0 Å². The minimum absolute atomic E-state index is 0.218. The predicted molar refractivity (Wildman–Crippen MR) is 111 cm³/mol. The molecule has 0 atom stereocenters. The second-order valence-corrected chi connectivity index (χ2v) is 6.43. The number of nitrogens with one attached hydrogen (secondary N) is 1. The van der Waals surface area contributed by atoms with E-state index in [1.807, 2.05) is 49.5 Å². The van der Waals surface area contributed by atoms with E-state index >= 15 is 0 Å². The van der Waals surface area contributed by atoms with E-state index < -0.39 is 0 Å². The Labute approximate surface area is 165 Å². The normalized spacial score (nSPS) is 10.7. The maximum absolute atomic E-state index is 5.93. The van der Waals surface area contributed by atoms with Gasteiger partial charge in [-0.2, -0.15) is 4.98 Å². The molecule has 1 heterocycles. The van der Waals surface area contributed by atoms with Crippen LogP contribution in [0.5, 0.6) is 11.5 Å². The molecule has 146 valence electrons. The van der Waals surface area contributed by atoms with Gasteiger partial charge in [0.2, 0.25) is 5.95 Å². The zero-order chi connectivity index (χ0) is 19.9. The lowest BCUT2D eigenvalue weighted by Gasteiger charge is -2.17. The topological polar surface area (TPSA) is 85.5 Å². The number of ether oxygens (including phenoxy) is 2. The Bertz CT molecular complexity index is 918. The molecule has 0 aliphatic rings. The number of rotatable bonds is 8. The highest BCUT2D eigenvalue weighted by atomic mass is 16.5. The first-order valence-electron chi connectivity index (χ1n) is 8.93.